The molecule has 0 heterocycles. The molecule has 0 spiro atoms. The maximum atomic E-state index is 13.2. The number of halogens is 1. The summed E-state index contributed by atoms with van der Waals surface area (Å²) in [6, 6.07) is 14.0. The molecule has 3 rings (SSSR count). The maximum absolute atomic E-state index is 13.2. The van der Waals surface area contributed by atoms with E-state index in [2.05, 4.69) is 5.32 Å². The first-order valence-corrected chi connectivity index (χ1v) is 11.5. The predicted molar refractivity (Wildman–Crippen MR) is 125 cm³/mol. The fraction of sp³-hybridized carbons (Fsp3) is 0.440. The second-order valence-electron chi connectivity index (χ2n) is 8.03. The van der Waals surface area contributed by atoms with Crippen molar-refractivity contribution in [2.75, 3.05) is 13.7 Å². The summed E-state index contributed by atoms with van der Waals surface area (Å²) in [4.78, 5) is 28.0. The Hall–Kier alpha value is -2.73. The normalized spacial score (nSPS) is 14.6. The van der Waals surface area contributed by atoms with Crippen LogP contribution < -0.4 is 14.8 Å². The van der Waals surface area contributed by atoms with E-state index in [1.54, 1.807) is 36.3 Å². The fourth-order valence-corrected chi connectivity index (χ4v) is 4.14. The van der Waals surface area contributed by atoms with Gasteiger partial charge in [-0.3, -0.25) is 9.59 Å². The van der Waals surface area contributed by atoms with Crippen molar-refractivity contribution >= 4 is 23.4 Å². The van der Waals surface area contributed by atoms with Crippen LogP contribution in [-0.2, 0) is 16.1 Å². The van der Waals surface area contributed by atoms with Crippen LogP contribution in [0.5, 0.6) is 11.5 Å². The van der Waals surface area contributed by atoms with Crippen molar-refractivity contribution in [1.29, 1.82) is 0 Å². The van der Waals surface area contributed by atoms with Gasteiger partial charge < -0.3 is 19.7 Å². The molecule has 0 aromatic heterocycles. The number of rotatable bonds is 10. The van der Waals surface area contributed by atoms with Crippen molar-refractivity contribution in [2.24, 2.45) is 0 Å². The molecule has 0 bridgehead atoms. The Labute approximate surface area is 194 Å². The van der Waals surface area contributed by atoms with E-state index in [4.69, 9.17) is 21.1 Å². The summed E-state index contributed by atoms with van der Waals surface area (Å²) < 4.78 is 11.0. The lowest BCUT2D eigenvalue weighted by atomic mass is 10.1. The number of benzene rings is 2. The van der Waals surface area contributed by atoms with Crippen molar-refractivity contribution < 1.29 is 19.1 Å². The van der Waals surface area contributed by atoms with Gasteiger partial charge in [0.1, 0.15) is 17.5 Å². The lowest BCUT2D eigenvalue weighted by molar-refractivity contribution is -0.143. The summed E-state index contributed by atoms with van der Waals surface area (Å²) in [6.07, 6.45) is 4.75. The molecule has 0 radical (unpaired) electrons. The predicted octanol–water partition coefficient (Wildman–Crippen LogP) is 4.59. The molecule has 1 aliphatic rings. The van der Waals surface area contributed by atoms with Crippen LogP contribution in [0.3, 0.4) is 0 Å². The van der Waals surface area contributed by atoms with E-state index in [0.29, 0.717) is 22.9 Å². The number of methoxy groups -OCH3 is 1. The molecular formula is C25H31ClN2O4. The summed E-state index contributed by atoms with van der Waals surface area (Å²) >= 11 is 5.92. The Morgan fingerprint density at radius 3 is 2.50 bits per heavy atom. The molecule has 1 atom stereocenters. The smallest absolute Gasteiger partial charge is 0.261 e. The standard InChI is InChI=1S/C25H31ClN2O4/c1-3-23(25(30)27-20-8-4-5-9-20)28(16-18-7-6-10-22(15-18)31-2)24(29)17-32-21-13-11-19(26)12-14-21/h6-7,10-15,20,23H,3-5,8-9,16-17H2,1-2H3,(H,27,30). The summed E-state index contributed by atoms with van der Waals surface area (Å²) in [7, 11) is 1.60. The Bertz CT molecular complexity index is 897. The number of nitrogens with one attached hydrogen (secondary N) is 1. The zero-order chi connectivity index (χ0) is 22.9. The third kappa shape index (κ3) is 6.63. The third-order valence-electron chi connectivity index (χ3n) is 5.75. The van der Waals surface area contributed by atoms with E-state index in [0.717, 1.165) is 31.2 Å². The van der Waals surface area contributed by atoms with E-state index < -0.39 is 6.04 Å². The number of hydrogen-bond donors (Lipinski definition) is 1. The first kappa shape index (κ1) is 23.9. The molecule has 2 aromatic carbocycles. The minimum atomic E-state index is -0.580. The minimum Gasteiger partial charge on any atom is -0.497 e. The molecule has 1 unspecified atom stereocenters. The van der Waals surface area contributed by atoms with Crippen molar-refractivity contribution in [2.45, 2.75) is 57.7 Å². The average molecular weight is 459 g/mol. The minimum absolute atomic E-state index is 0.109. The maximum Gasteiger partial charge on any atom is 0.261 e. The molecule has 1 saturated carbocycles. The number of ether oxygens (including phenoxy) is 2. The monoisotopic (exact) mass is 458 g/mol. The van der Waals surface area contributed by atoms with Crippen LogP contribution in [0.15, 0.2) is 48.5 Å². The van der Waals surface area contributed by atoms with Crippen molar-refractivity contribution in [1.82, 2.24) is 10.2 Å². The summed E-state index contributed by atoms with van der Waals surface area (Å²) in [5, 5.41) is 3.74. The molecule has 2 aromatic rings. The second-order valence-corrected chi connectivity index (χ2v) is 8.47. The van der Waals surface area contributed by atoms with Crippen LogP contribution in [0, 0.1) is 0 Å². The first-order chi connectivity index (χ1) is 15.5. The average Bonchev–Trinajstić information content (AvgIpc) is 3.31. The Morgan fingerprint density at radius 1 is 1.12 bits per heavy atom. The van der Waals surface area contributed by atoms with Gasteiger partial charge in [-0.1, -0.05) is 43.5 Å². The van der Waals surface area contributed by atoms with E-state index in [1.165, 1.54) is 0 Å². The lowest BCUT2D eigenvalue weighted by Gasteiger charge is -2.31. The molecule has 7 heteroatoms. The Morgan fingerprint density at radius 2 is 1.84 bits per heavy atom. The van der Waals surface area contributed by atoms with Gasteiger partial charge in [-0.2, -0.15) is 0 Å². The quantitative estimate of drug-likeness (QED) is 0.565. The molecular weight excluding hydrogens is 428 g/mol. The van der Waals surface area contributed by atoms with Gasteiger partial charge in [0.2, 0.25) is 5.91 Å². The van der Waals surface area contributed by atoms with Crippen LogP contribution >= 0.6 is 11.6 Å². The van der Waals surface area contributed by atoms with Gasteiger partial charge in [-0.15, -0.1) is 0 Å². The van der Waals surface area contributed by atoms with Crippen molar-refractivity contribution in [3.8, 4) is 11.5 Å². The van der Waals surface area contributed by atoms with E-state index in [9.17, 15) is 9.59 Å². The van der Waals surface area contributed by atoms with Gasteiger partial charge in [-0.25, -0.2) is 0 Å². The molecule has 1 aliphatic carbocycles. The number of amides is 2. The van der Waals surface area contributed by atoms with Gasteiger partial charge in [0.15, 0.2) is 6.61 Å². The van der Waals surface area contributed by atoms with Crippen LogP contribution in [0.2, 0.25) is 5.02 Å². The van der Waals surface area contributed by atoms with Gasteiger partial charge in [0.25, 0.3) is 5.91 Å². The molecule has 6 nitrogen and oxygen atoms in total. The van der Waals surface area contributed by atoms with E-state index in [1.807, 2.05) is 31.2 Å². The summed E-state index contributed by atoms with van der Waals surface area (Å²) in [5.41, 5.74) is 0.885. The van der Waals surface area contributed by atoms with Crippen LogP contribution in [0.1, 0.15) is 44.6 Å². The summed E-state index contributed by atoms with van der Waals surface area (Å²) in [6.45, 7) is 2.04. The highest BCUT2D eigenvalue weighted by Crippen LogP contribution is 2.21. The molecule has 0 aliphatic heterocycles. The van der Waals surface area contributed by atoms with E-state index >= 15 is 0 Å². The highest BCUT2D eigenvalue weighted by molar-refractivity contribution is 6.30. The Kier molecular flexibility index (Phi) is 8.80. The topological polar surface area (TPSA) is 67.9 Å². The second kappa shape index (κ2) is 11.8. The lowest BCUT2D eigenvalue weighted by Crippen LogP contribution is -2.52. The van der Waals surface area contributed by atoms with Gasteiger partial charge in [0, 0.05) is 17.6 Å². The zero-order valence-corrected chi connectivity index (χ0v) is 19.4. The molecule has 2 amide bonds. The molecule has 172 valence electrons. The van der Waals surface area contributed by atoms with Crippen molar-refractivity contribution in [3.05, 3.63) is 59.1 Å². The largest absolute Gasteiger partial charge is 0.497 e. The van der Waals surface area contributed by atoms with Gasteiger partial charge in [0.05, 0.1) is 7.11 Å². The third-order valence-corrected chi connectivity index (χ3v) is 6.00. The number of hydrogen-bond acceptors (Lipinski definition) is 4. The molecule has 1 fully saturated rings. The SMILES string of the molecule is CCC(C(=O)NC1CCCC1)N(Cc1cccc(OC)c1)C(=O)COc1ccc(Cl)cc1. The highest BCUT2D eigenvalue weighted by atomic mass is 35.5. The van der Waals surface area contributed by atoms with Crippen LogP contribution in [-0.4, -0.2) is 42.5 Å². The number of carbonyl (C=O) groups is 2. The van der Waals surface area contributed by atoms with Gasteiger partial charge in [-0.05, 0) is 61.2 Å². The summed E-state index contributed by atoms with van der Waals surface area (Å²) in [5.74, 6) is 0.890. The number of carbonyl (C=O) groups excluding carboxylic acids is 2. The zero-order valence-electron chi connectivity index (χ0n) is 18.7. The number of nitrogens with zero attached hydrogens (tertiary/aromatic N) is 1. The Balaban J connectivity index is 1.76. The highest BCUT2D eigenvalue weighted by Gasteiger charge is 2.30. The fourth-order valence-electron chi connectivity index (χ4n) is 4.01. The molecule has 1 N–H and O–H groups in total. The van der Waals surface area contributed by atoms with Crippen molar-refractivity contribution in [3.63, 3.8) is 0 Å². The molecule has 32 heavy (non-hydrogen) atoms. The van der Waals surface area contributed by atoms with Crippen LogP contribution in [0.25, 0.3) is 0 Å². The van der Waals surface area contributed by atoms with Gasteiger partial charge >= 0.3 is 0 Å². The van der Waals surface area contributed by atoms with Crippen LogP contribution in [0.4, 0.5) is 0 Å². The van der Waals surface area contributed by atoms with E-state index in [-0.39, 0.29) is 31.0 Å². The first-order valence-electron chi connectivity index (χ1n) is 11.1. The molecule has 0 saturated heterocycles.